The monoisotopic (exact) mass is 299 g/mol. The Balaban J connectivity index is 2.81. The molecule has 1 aliphatic rings. The first kappa shape index (κ1) is 17.8. The van der Waals surface area contributed by atoms with Crippen LogP contribution in [0.5, 0.6) is 0 Å². The summed E-state index contributed by atoms with van der Waals surface area (Å²) in [5.74, 6) is -1.03. The fraction of sp³-hybridized carbons (Fsp3) is 0.417. The molecule has 22 heavy (non-hydrogen) atoms. The number of nitrogens with two attached hydrogens (primary N) is 1. The Hall–Kier alpha value is -0.510. The summed E-state index contributed by atoms with van der Waals surface area (Å²) in [7, 11) is 35.2. The molecule has 1 saturated carbocycles. The molecule has 0 bridgehead atoms. The van der Waals surface area contributed by atoms with E-state index in [1.807, 2.05) is 0 Å². The highest BCUT2D eigenvalue weighted by Crippen LogP contribution is 2.68. The molecule has 0 aliphatic heterocycles. The molecule has 0 amide bonds. The largest absolute Gasteiger partial charge is 0.386 e. The van der Waals surface area contributed by atoms with Crippen molar-refractivity contribution in [2.75, 3.05) is 0 Å². The van der Waals surface area contributed by atoms with Crippen molar-refractivity contribution in [2.24, 2.45) is 5.73 Å². The third kappa shape index (κ3) is 1.88. The lowest BCUT2D eigenvalue weighted by molar-refractivity contribution is -0.138. The predicted octanol–water partition coefficient (Wildman–Crippen LogP) is -1.20. The van der Waals surface area contributed by atoms with Crippen molar-refractivity contribution in [3.05, 3.63) is 34.9 Å². The number of benzene rings is 1. The molecule has 0 heterocycles. The van der Waals surface area contributed by atoms with Gasteiger partial charge in [-0.3, -0.25) is 4.79 Å². The molecule has 0 spiro atoms. The van der Waals surface area contributed by atoms with Crippen LogP contribution in [-0.2, 0) is 10.3 Å². The van der Waals surface area contributed by atoms with Crippen molar-refractivity contribution in [1.29, 1.82) is 0 Å². The van der Waals surface area contributed by atoms with E-state index in [0.29, 0.717) is 0 Å². The number of aliphatic hydroxyl groups is 1. The maximum Gasteiger partial charge on any atom is 0.183 e. The van der Waals surface area contributed by atoms with Gasteiger partial charge in [0.25, 0.3) is 0 Å². The van der Waals surface area contributed by atoms with Crippen LogP contribution in [0.3, 0.4) is 0 Å². The molecule has 2 rings (SSSR count). The first-order valence-corrected chi connectivity index (χ1v) is 6.70. The summed E-state index contributed by atoms with van der Waals surface area (Å²) in [6, 6.07) is 6.08. The molecule has 98 valence electrons. The molecule has 0 saturated heterocycles. The zero-order chi connectivity index (χ0) is 17.1. The van der Waals surface area contributed by atoms with E-state index in [2.05, 4.69) is 0 Å². The number of carbonyl (C=O) groups is 1. The van der Waals surface area contributed by atoms with Gasteiger partial charge in [-0.15, -0.1) is 5.21 Å². The van der Waals surface area contributed by atoms with Gasteiger partial charge in [0.1, 0.15) is 6.10 Å². The van der Waals surface area contributed by atoms with Crippen molar-refractivity contribution in [1.82, 2.24) is 0 Å². The third-order valence-electron chi connectivity index (χ3n) is 4.44. The van der Waals surface area contributed by atoms with E-state index in [9.17, 15) is 9.90 Å². The predicted molar refractivity (Wildman–Crippen MR) is 90.9 cm³/mol. The van der Waals surface area contributed by atoms with E-state index >= 15 is 0 Å². The molecule has 10 heteroatoms. The zero-order valence-corrected chi connectivity index (χ0v) is 12.4. The number of ketones is 1. The van der Waals surface area contributed by atoms with Crippen LogP contribution in [0.4, 0.5) is 0 Å². The quantitative estimate of drug-likeness (QED) is 0.640. The second-order valence-electron chi connectivity index (χ2n) is 5.73. The minimum atomic E-state index is -2.30. The first-order chi connectivity index (χ1) is 9.83. The minimum absolute atomic E-state index is 0.0569. The Kier molecular flexibility index (Phi) is 4.05. The van der Waals surface area contributed by atoms with E-state index in [4.69, 9.17) is 64.4 Å². The average molecular weight is 299 g/mol. The SMILES string of the molecule is [B]C1([B])C(O)C(=O)C(N)(c2ccccc2Cl)C([B])([B])C1([B])[B]. The van der Waals surface area contributed by atoms with Crippen LogP contribution in [0.15, 0.2) is 24.3 Å². The van der Waals surface area contributed by atoms with Gasteiger partial charge in [-0.25, -0.2) is 0 Å². The van der Waals surface area contributed by atoms with Crippen LogP contribution in [-0.4, -0.2) is 64.1 Å². The van der Waals surface area contributed by atoms with Crippen LogP contribution in [0, 0.1) is 0 Å². The van der Waals surface area contributed by atoms with Crippen LogP contribution in [0.25, 0.3) is 0 Å². The lowest BCUT2D eigenvalue weighted by atomic mass is 9.11. The molecule has 1 aliphatic carbocycles. The first-order valence-electron chi connectivity index (χ1n) is 6.33. The number of carbonyl (C=O) groups excluding carboxylic acids is 1. The fourth-order valence-electron chi connectivity index (χ4n) is 2.68. The topological polar surface area (TPSA) is 63.3 Å². The van der Waals surface area contributed by atoms with Gasteiger partial charge in [-0.1, -0.05) is 40.2 Å². The van der Waals surface area contributed by atoms with Crippen molar-refractivity contribution < 1.29 is 9.90 Å². The minimum Gasteiger partial charge on any atom is -0.386 e. The standard InChI is InChI=1S/C12H8B6ClNO2/c13-10(14)8(22)7(21)9(20,11(15,16)12(10,17)18)5-3-1-2-4-6(5)19/h1-4,8,22H,20H2. The summed E-state index contributed by atoms with van der Waals surface area (Å²) in [5.41, 5.74) is 4.03. The third-order valence-corrected chi connectivity index (χ3v) is 4.77. The summed E-state index contributed by atoms with van der Waals surface area (Å²) in [6.07, 6.45) is -2.00. The van der Waals surface area contributed by atoms with E-state index in [1.54, 1.807) is 12.1 Å². The van der Waals surface area contributed by atoms with Gasteiger partial charge in [0.15, 0.2) is 5.78 Å². The number of hydrogen-bond acceptors (Lipinski definition) is 3. The van der Waals surface area contributed by atoms with Crippen molar-refractivity contribution in [3.8, 4) is 0 Å². The molecule has 3 N–H and O–H groups in total. The molecule has 1 aromatic carbocycles. The van der Waals surface area contributed by atoms with E-state index in [-0.39, 0.29) is 10.6 Å². The second-order valence-corrected chi connectivity index (χ2v) is 6.13. The molecular formula is C12H8B6ClNO2. The number of halogens is 1. The Morgan fingerprint density at radius 3 is 2.05 bits per heavy atom. The van der Waals surface area contributed by atoms with Gasteiger partial charge in [0.05, 0.1) is 52.6 Å². The lowest BCUT2D eigenvalue weighted by Crippen LogP contribution is -2.71. The van der Waals surface area contributed by atoms with Gasteiger partial charge < -0.3 is 10.8 Å². The fourth-order valence-corrected chi connectivity index (χ4v) is 2.97. The second kappa shape index (κ2) is 4.99. The maximum atomic E-state index is 12.7. The molecule has 2 unspecified atom stereocenters. The van der Waals surface area contributed by atoms with Crippen molar-refractivity contribution in [3.63, 3.8) is 0 Å². The van der Waals surface area contributed by atoms with Crippen molar-refractivity contribution in [2.45, 2.75) is 27.3 Å². The highest BCUT2D eigenvalue weighted by molar-refractivity contribution is 6.64. The average Bonchev–Trinajstić information content (AvgIpc) is 2.43. The highest BCUT2D eigenvalue weighted by Gasteiger charge is 2.66. The molecular weight excluding hydrogens is 290 g/mol. The van der Waals surface area contributed by atoms with Crippen molar-refractivity contribution >= 4 is 64.5 Å². The molecule has 3 nitrogen and oxygen atoms in total. The Morgan fingerprint density at radius 2 is 1.55 bits per heavy atom. The summed E-state index contributed by atoms with van der Waals surface area (Å²) in [4.78, 5) is 12.7. The number of rotatable bonds is 1. The molecule has 0 aromatic heterocycles. The maximum absolute atomic E-state index is 12.7. The zero-order valence-electron chi connectivity index (χ0n) is 11.7. The highest BCUT2D eigenvalue weighted by atomic mass is 35.5. The Labute approximate surface area is 142 Å². The summed E-state index contributed by atoms with van der Waals surface area (Å²) >= 11 is 6.08. The van der Waals surface area contributed by atoms with Gasteiger partial charge >= 0.3 is 0 Å². The number of Topliss-reactive ketones (excluding diaryl/α,β-unsaturated/α-hetero) is 1. The van der Waals surface area contributed by atoms with Crippen LogP contribution < -0.4 is 5.73 Å². The number of hydrogen-bond donors (Lipinski definition) is 2. The normalized spacial score (nSPS) is 32.5. The van der Waals surface area contributed by atoms with Gasteiger partial charge in [-0.05, 0) is 11.6 Å². The van der Waals surface area contributed by atoms with E-state index < -0.39 is 33.1 Å². The molecule has 1 aromatic rings. The van der Waals surface area contributed by atoms with Gasteiger partial charge in [-0.2, -0.15) is 0 Å². The van der Waals surface area contributed by atoms with Crippen LogP contribution >= 0.6 is 11.6 Å². The molecule has 2 atom stereocenters. The summed E-state index contributed by atoms with van der Waals surface area (Å²) < 4.78 is 0. The van der Waals surface area contributed by atoms with Crippen LogP contribution in [0.2, 0.25) is 20.7 Å². The van der Waals surface area contributed by atoms with E-state index in [0.717, 1.165) is 0 Å². The summed E-state index contributed by atoms with van der Waals surface area (Å²) in [6.45, 7) is 0. The van der Waals surface area contributed by atoms with Crippen LogP contribution in [0.1, 0.15) is 5.56 Å². The molecule has 12 radical (unpaired) electrons. The summed E-state index contributed by atoms with van der Waals surface area (Å²) in [5, 5.41) is 3.38. The van der Waals surface area contributed by atoms with Gasteiger partial charge in [0, 0.05) is 5.02 Å². The van der Waals surface area contributed by atoms with E-state index in [1.165, 1.54) is 12.1 Å². The van der Waals surface area contributed by atoms with Gasteiger partial charge in [0.2, 0.25) is 0 Å². The lowest BCUT2D eigenvalue weighted by Gasteiger charge is -2.67. The smallest absolute Gasteiger partial charge is 0.183 e. The Morgan fingerprint density at radius 1 is 1.05 bits per heavy atom. The Bertz CT molecular complexity index is 638. The number of aliphatic hydroxyl groups excluding tert-OH is 1. The molecule has 1 fully saturated rings.